The Morgan fingerprint density at radius 3 is 2.60 bits per heavy atom. The molecule has 0 amide bonds. The van der Waals surface area contributed by atoms with Crippen LogP contribution in [0.3, 0.4) is 0 Å². The van der Waals surface area contributed by atoms with Crippen molar-refractivity contribution in [2.75, 3.05) is 0 Å². The summed E-state index contributed by atoms with van der Waals surface area (Å²) >= 11 is 0. The van der Waals surface area contributed by atoms with Crippen LogP contribution in [0.5, 0.6) is 0 Å². The second-order valence-corrected chi connectivity index (χ2v) is 1.79. The van der Waals surface area contributed by atoms with Crippen molar-refractivity contribution in [1.82, 2.24) is 0 Å². The van der Waals surface area contributed by atoms with E-state index < -0.39 is 5.97 Å². The topological polar surface area (TPSA) is 52.3 Å². The Hall–Kier alpha value is -1.25. The molecule has 0 aromatic heterocycles. The average Bonchev–Trinajstić information content (AvgIpc) is 1.82. The summed E-state index contributed by atoms with van der Waals surface area (Å²) in [5, 5.41) is 0. The first kappa shape index (κ1) is 8.75. The lowest BCUT2D eigenvalue weighted by atomic mass is 10.4. The summed E-state index contributed by atoms with van der Waals surface area (Å²) in [7, 11) is 0. The van der Waals surface area contributed by atoms with Gasteiger partial charge in [-0.1, -0.05) is 6.08 Å². The van der Waals surface area contributed by atoms with E-state index in [1.165, 1.54) is 12.3 Å². The fourth-order valence-corrected chi connectivity index (χ4v) is 0.355. The highest BCUT2D eigenvalue weighted by Crippen LogP contribution is 1.85. The molecule has 3 nitrogen and oxygen atoms in total. The number of hydrogen-bond acceptors (Lipinski definition) is 3. The van der Waals surface area contributed by atoms with Gasteiger partial charge in [-0.15, -0.1) is 0 Å². The smallest absolute Gasteiger partial charge is 0.337 e. The van der Waals surface area contributed by atoms with Crippen molar-refractivity contribution in [3.8, 4) is 0 Å². The highest BCUT2D eigenvalue weighted by Gasteiger charge is 1.92. The number of hydrogen-bond donors (Lipinski definition) is 1. The van der Waals surface area contributed by atoms with Crippen LogP contribution in [0.15, 0.2) is 24.1 Å². The summed E-state index contributed by atoms with van der Waals surface area (Å²) in [6, 6.07) is 0. The second kappa shape index (κ2) is 4.61. The van der Waals surface area contributed by atoms with Crippen LogP contribution in [-0.2, 0) is 9.53 Å². The molecule has 56 valence electrons. The van der Waals surface area contributed by atoms with Gasteiger partial charge in [0.25, 0.3) is 0 Å². The fraction of sp³-hybridized carbons (Fsp3) is 0.286. The van der Waals surface area contributed by atoms with E-state index in [0.717, 1.165) is 0 Å². The Morgan fingerprint density at radius 2 is 2.20 bits per heavy atom. The van der Waals surface area contributed by atoms with Crippen LogP contribution in [0, 0.1) is 0 Å². The van der Waals surface area contributed by atoms with Crippen LogP contribution in [0.25, 0.3) is 0 Å². The highest BCUT2D eigenvalue weighted by atomic mass is 16.5. The maximum atomic E-state index is 10.6. The van der Waals surface area contributed by atoms with Crippen molar-refractivity contribution in [2.24, 2.45) is 5.73 Å². The van der Waals surface area contributed by atoms with Gasteiger partial charge >= 0.3 is 5.97 Å². The zero-order valence-corrected chi connectivity index (χ0v) is 6.13. The normalized spacial score (nSPS) is 12.0. The van der Waals surface area contributed by atoms with E-state index in [1.54, 1.807) is 19.9 Å². The lowest BCUT2D eigenvalue weighted by molar-refractivity contribution is -0.132. The molecule has 0 aliphatic rings. The number of ether oxygens (including phenoxy) is 1. The van der Waals surface area contributed by atoms with Gasteiger partial charge in [0.1, 0.15) is 0 Å². The third kappa shape index (κ3) is 4.90. The SMILES string of the molecule is C/C=C\OC(=O)/C=C(/C)N. The third-order valence-electron chi connectivity index (χ3n) is 0.666. The maximum absolute atomic E-state index is 10.6. The number of esters is 1. The van der Waals surface area contributed by atoms with E-state index in [9.17, 15) is 4.79 Å². The zero-order chi connectivity index (χ0) is 7.98. The monoisotopic (exact) mass is 141 g/mol. The molecule has 3 heteroatoms. The van der Waals surface area contributed by atoms with E-state index >= 15 is 0 Å². The number of carbonyl (C=O) groups is 1. The van der Waals surface area contributed by atoms with Crippen molar-refractivity contribution >= 4 is 5.97 Å². The Kier molecular flexibility index (Phi) is 4.04. The van der Waals surface area contributed by atoms with Crippen molar-refractivity contribution in [3.05, 3.63) is 24.1 Å². The molecule has 0 aromatic carbocycles. The Labute approximate surface area is 60.2 Å². The molecule has 10 heavy (non-hydrogen) atoms. The van der Waals surface area contributed by atoms with Gasteiger partial charge in [-0.3, -0.25) is 0 Å². The Morgan fingerprint density at radius 1 is 1.60 bits per heavy atom. The first-order chi connectivity index (χ1) is 4.66. The predicted octanol–water partition coefficient (Wildman–Crippen LogP) is 0.926. The summed E-state index contributed by atoms with van der Waals surface area (Å²) in [4.78, 5) is 10.6. The number of rotatable bonds is 2. The molecule has 0 spiro atoms. The van der Waals surface area contributed by atoms with Gasteiger partial charge in [0, 0.05) is 11.8 Å². The Bertz CT molecular complexity index is 166. The molecular weight excluding hydrogens is 130 g/mol. The van der Waals surface area contributed by atoms with E-state index in [1.807, 2.05) is 0 Å². The van der Waals surface area contributed by atoms with Gasteiger partial charge in [0.2, 0.25) is 0 Å². The summed E-state index contributed by atoms with van der Waals surface area (Å²) in [5.74, 6) is -0.446. The van der Waals surface area contributed by atoms with Gasteiger partial charge in [-0.05, 0) is 13.8 Å². The van der Waals surface area contributed by atoms with Crippen molar-refractivity contribution in [3.63, 3.8) is 0 Å². The van der Waals surface area contributed by atoms with Gasteiger partial charge in [-0.25, -0.2) is 4.79 Å². The molecule has 0 aromatic rings. The molecule has 0 atom stereocenters. The van der Waals surface area contributed by atoms with E-state index in [4.69, 9.17) is 5.73 Å². The molecular formula is C7H11NO2. The largest absolute Gasteiger partial charge is 0.432 e. The quantitative estimate of drug-likeness (QED) is 0.353. The van der Waals surface area contributed by atoms with E-state index in [2.05, 4.69) is 4.74 Å². The molecule has 0 saturated carbocycles. The Balaban J connectivity index is 3.76. The molecule has 0 unspecified atom stereocenters. The molecule has 0 aliphatic carbocycles. The minimum Gasteiger partial charge on any atom is -0.432 e. The van der Waals surface area contributed by atoms with Crippen LogP contribution in [0.4, 0.5) is 0 Å². The molecule has 0 heterocycles. The fourth-order valence-electron chi connectivity index (χ4n) is 0.355. The molecule has 0 radical (unpaired) electrons. The minimum atomic E-state index is -0.446. The standard InChI is InChI=1S/C7H11NO2/c1-3-4-10-7(9)5-6(2)8/h3-5H,8H2,1-2H3/b4-3-,6-5-. The average molecular weight is 141 g/mol. The van der Waals surface area contributed by atoms with Gasteiger partial charge in [0.05, 0.1) is 6.26 Å². The molecule has 0 fully saturated rings. The molecule has 0 aliphatic heterocycles. The van der Waals surface area contributed by atoms with Crippen LogP contribution in [0.1, 0.15) is 13.8 Å². The van der Waals surface area contributed by atoms with Crippen LogP contribution >= 0.6 is 0 Å². The lowest BCUT2D eigenvalue weighted by Gasteiger charge is -1.91. The molecule has 0 saturated heterocycles. The van der Waals surface area contributed by atoms with Crippen molar-refractivity contribution in [2.45, 2.75) is 13.8 Å². The maximum Gasteiger partial charge on any atom is 0.337 e. The minimum absolute atomic E-state index is 0.439. The highest BCUT2D eigenvalue weighted by molar-refractivity contribution is 5.82. The van der Waals surface area contributed by atoms with Gasteiger partial charge in [-0.2, -0.15) is 0 Å². The van der Waals surface area contributed by atoms with Crippen LogP contribution in [-0.4, -0.2) is 5.97 Å². The predicted molar refractivity (Wildman–Crippen MR) is 38.9 cm³/mol. The van der Waals surface area contributed by atoms with Crippen molar-refractivity contribution in [1.29, 1.82) is 0 Å². The number of carbonyl (C=O) groups excluding carboxylic acids is 1. The third-order valence-corrected chi connectivity index (χ3v) is 0.666. The summed E-state index contributed by atoms with van der Waals surface area (Å²) in [5.41, 5.74) is 5.64. The first-order valence-electron chi connectivity index (χ1n) is 2.92. The second-order valence-electron chi connectivity index (χ2n) is 1.79. The van der Waals surface area contributed by atoms with E-state index in [-0.39, 0.29) is 0 Å². The summed E-state index contributed by atoms with van der Waals surface area (Å²) in [6.45, 7) is 3.38. The number of allylic oxidation sites excluding steroid dienone is 2. The van der Waals surface area contributed by atoms with Gasteiger partial charge in [0.15, 0.2) is 0 Å². The van der Waals surface area contributed by atoms with Crippen LogP contribution < -0.4 is 5.73 Å². The lowest BCUT2D eigenvalue weighted by Crippen LogP contribution is -1.99. The molecule has 0 rings (SSSR count). The first-order valence-corrected chi connectivity index (χ1v) is 2.92. The summed E-state index contributed by atoms with van der Waals surface area (Å²) < 4.78 is 4.53. The zero-order valence-electron chi connectivity index (χ0n) is 6.13. The van der Waals surface area contributed by atoms with Crippen molar-refractivity contribution < 1.29 is 9.53 Å². The molecule has 2 N–H and O–H groups in total. The molecule has 0 bridgehead atoms. The van der Waals surface area contributed by atoms with E-state index in [0.29, 0.717) is 5.70 Å². The summed E-state index contributed by atoms with van der Waals surface area (Å²) in [6.07, 6.45) is 4.15. The number of nitrogens with two attached hydrogens (primary N) is 1. The van der Waals surface area contributed by atoms with Crippen LogP contribution in [0.2, 0.25) is 0 Å². The van der Waals surface area contributed by atoms with Gasteiger partial charge < -0.3 is 10.5 Å².